The topological polar surface area (TPSA) is 97.4 Å². The molecule has 0 spiro atoms. The Morgan fingerprint density at radius 3 is 2.69 bits per heavy atom. The van der Waals surface area contributed by atoms with E-state index in [1.165, 1.54) is 23.9 Å². The summed E-state index contributed by atoms with van der Waals surface area (Å²) in [7, 11) is -5.45. The van der Waals surface area contributed by atoms with Crippen LogP contribution in [0.2, 0.25) is 5.15 Å². The van der Waals surface area contributed by atoms with Gasteiger partial charge in [-0.15, -0.1) is 0 Å². The van der Waals surface area contributed by atoms with Crippen LogP contribution in [0.15, 0.2) is 12.3 Å². The summed E-state index contributed by atoms with van der Waals surface area (Å²) >= 11 is 5.94. The molecule has 2 N–H and O–H groups in total. The Labute approximate surface area is 153 Å². The van der Waals surface area contributed by atoms with Crippen LogP contribution in [-0.4, -0.2) is 37.5 Å². The minimum absolute atomic E-state index is 0.0312. The van der Waals surface area contributed by atoms with Gasteiger partial charge in [-0.3, -0.25) is 4.79 Å². The van der Waals surface area contributed by atoms with E-state index in [1.807, 2.05) is 0 Å². The second-order valence-corrected chi connectivity index (χ2v) is 7.96. The molecule has 1 aromatic rings. The van der Waals surface area contributed by atoms with E-state index < -0.39 is 21.6 Å². The predicted molar refractivity (Wildman–Crippen MR) is 86.9 cm³/mol. The van der Waals surface area contributed by atoms with Gasteiger partial charge in [0, 0.05) is 18.0 Å². The highest BCUT2D eigenvalue weighted by Gasteiger charge is 2.46. The SMILES string of the molecule is C[C@@H](COc1cnc(Cl)c(CNC(=O)C2CC2)c1)NS(=O)(=O)C(F)(F)F. The number of ether oxygens (including phenoxy) is 1. The average Bonchev–Trinajstić information content (AvgIpc) is 3.36. The number of halogens is 4. The number of hydrogen-bond acceptors (Lipinski definition) is 5. The molecule has 0 bridgehead atoms. The number of carbonyl (C=O) groups excluding carboxylic acids is 1. The Bertz CT molecular complexity index is 769. The molecule has 12 heteroatoms. The largest absolute Gasteiger partial charge is 0.511 e. The second kappa shape index (κ2) is 7.97. The normalized spacial score (nSPS) is 16.2. The zero-order valence-electron chi connectivity index (χ0n) is 13.6. The molecule has 0 aromatic carbocycles. The van der Waals surface area contributed by atoms with Crippen LogP contribution in [0.4, 0.5) is 13.2 Å². The minimum atomic E-state index is -5.45. The maximum absolute atomic E-state index is 12.3. The van der Waals surface area contributed by atoms with Crippen LogP contribution in [-0.2, 0) is 21.4 Å². The number of sulfonamides is 1. The molecule has 0 radical (unpaired) electrons. The molecule has 146 valence electrons. The van der Waals surface area contributed by atoms with Crippen molar-refractivity contribution in [1.29, 1.82) is 0 Å². The Hall–Kier alpha value is -1.59. The Morgan fingerprint density at radius 1 is 1.46 bits per heavy atom. The van der Waals surface area contributed by atoms with E-state index in [9.17, 15) is 26.4 Å². The Morgan fingerprint density at radius 2 is 2.12 bits per heavy atom. The first-order valence-electron chi connectivity index (χ1n) is 7.63. The summed E-state index contributed by atoms with van der Waals surface area (Å²) in [6.07, 6.45) is 2.96. The summed E-state index contributed by atoms with van der Waals surface area (Å²) in [5.41, 5.74) is -4.92. The number of carbonyl (C=O) groups is 1. The highest BCUT2D eigenvalue weighted by atomic mass is 35.5. The second-order valence-electron chi connectivity index (χ2n) is 5.89. The summed E-state index contributed by atoms with van der Waals surface area (Å²) in [4.78, 5) is 15.5. The van der Waals surface area contributed by atoms with Crippen molar-refractivity contribution in [2.75, 3.05) is 6.61 Å². The lowest BCUT2D eigenvalue weighted by Crippen LogP contribution is -2.43. The van der Waals surface area contributed by atoms with Crippen LogP contribution in [0.25, 0.3) is 0 Å². The quantitative estimate of drug-likeness (QED) is 0.633. The summed E-state index contributed by atoms with van der Waals surface area (Å²) < 4.78 is 65.7. The molecule has 2 rings (SSSR count). The predicted octanol–water partition coefficient (Wildman–Crippen LogP) is 1.97. The van der Waals surface area contributed by atoms with E-state index in [0.29, 0.717) is 5.56 Å². The van der Waals surface area contributed by atoms with Gasteiger partial charge >= 0.3 is 15.5 Å². The van der Waals surface area contributed by atoms with Crippen molar-refractivity contribution in [1.82, 2.24) is 15.0 Å². The first-order chi connectivity index (χ1) is 12.0. The summed E-state index contributed by atoms with van der Waals surface area (Å²) in [6, 6.07) is 0.350. The lowest BCUT2D eigenvalue weighted by Gasteiger charge is -2.16. The fourth-order valence-electron chi connectivity index (χ4n) is 1.93. The van der Waals surface area contributed by atoms with Gasteiger partial charge < -0.3 is 10.1 Å². The van der Waals surface area contributed by atoms with E-state index in [2.05, 4.69) is 10.3 Å². The van der Waals surface area contributed by atoms with Gasteiger partial charge in [-0.05, 0) is 25.8 Å². The third-order valence-electron chi connectivity index (χ3n) is 3.45. The number of hydrogen-bond donors (Lipinski definition) is 2. The number of alkyl halides is 3. The summed E-state index contributed by atoms with van der Waals surface area (Å²) in [5.74, 6) is 0.134. The molecular weight excluding hydrogens is 399 g/mol. The highest BCUT2D eigenvalue weighted by Crippen LogP contribution is 2.29. The third-order valence-corrected chi connectivity index (χ3v) is 5.11. The molecule has 1 aromatic heterocycles. The molecule has 0 unspecified atom stereocenters. The van der Waals surface area contributed by atoms with E-state index in [0.717, 1.165) is 12.8 Å². The molecule has 1 aliphatic rings. The summed E-state index contributed by atoms with van der Waals surface area (Å²) in [6.45, 7) is 1.00. The van der Waals surface area contributed by atoms with Gasteiger partial charge in [-0.1, -0.05) is 11.6 Å². The smallest absolute Gasteiger partial charge is 0.490 e. The van der Waals surface area contributed by atoms with Crippen LogP contribution in [0.1, 0.15) is 25.3 Å². The van der Waals surface area contributed by atoms with Gasteiger partial charge in [0.2, 0.25) is 5.91 Å². The maximum atomic E-state index is 12.3. The van der Waals surface area contributed by atoms with Gasteiger partial charge in [0.15, 0.2) is 0 Å². The molecule has 1 saturated carbocycles. The van der Waals surface area contributed by atoms with E-state index in [4.69, 9.17) is 16.3 Å². The van der Waals surface area contributed by atoms with Crippen molar-refractivity contribution in [3.8, 4) is 5.75 Å². The van der Waals surface area contributed by atoms with Crippen molar-refractivity contribution >= 4 is 27.5 Å². The first kappa shape index (κ1) is 20.7. The first-order valence-corrected chi connectivity index (χ1v) is 9.49. The van der Waals surface area contributed by atoms with Gasteiger partial charge in [0.25, 0.3) is 0 Å². The molecule has 0 aliphatic heterocycles. The fraction of sp³-hybridized carbons (Fsp3) is 0.571. The van der Waals surface area contributed by atoms with Crippen molar-refractivity contribution in [3.63, 3.8) is 0 Å². The zero-order valence-corrected chi connectivity index (χ0v) is 15.2. The molecule has 1 amide bonds. The van der Waals surface area contributed by atoms with Crippen molar-refractivity contribution in [2.45, 2.75) is 37.9 Å². The number of nitrogens with zero attached hydrogens (tertiary/aromatic N) is 1. The molecule has 1 fully saturated rings. The molecule has 26 heavy (non-hydrogen) atoms. The molecule has 7 nitrogen and oxygen atoms in total. The Balaban J connectivity index is 1.90. The van der Waals surface area contributed by atoms with Crippen LogP contribution in [0.3, 0.4) is 0 Å². The van der Waals surface area contributed by atoms with Crippen molar-refractivity contribution < 1.29 is 31.1 Å². The maximum Gasteiger partial charge on any atom is 0.511 e. The van der Waals surface area contributed by atoms with Crippen LogP contribution >= 0.6 is 11.6 Å². The van der Waals surface area contributed by atoms with Gasteiger partial charge in [-0.25, -0.2) is 18.1 Å². The Kier molecular flexibility index (Phi) is 6.35. The summed E-state index contributed by atoms with van der Waals surface area (Å²) in [5, 5.41) is 2.86. The molecule has 1 atom stereocenters. The monoisotopic (exact) mass is 415 g/mol. The van der Waals surface area contributed by atoms with Crippen LogP contribution < -0.4 is 14.8 Å². The number of nitrogens with one attached hydrogen (secondary N) is 2. The zero-order chi connectivity index (χ0) is 19.5. The minimum Gasteiger partial charge on any atom is -0.490 e. The van der Waals surface area contributed by atoms with Crippen molar-refractivity contribution in [2.24, 2.45) is 5.92 Å². The van der Waals surface area contributed by atoms with Gasteiger partial charge in [0.05, 0.1) is 12.2 Å². The molecule has 1 heterocycles. The van der Waals surface area contributed by atoms with Crippen molar-refractivity contribution in [3.05, 3.63) is 23.0 Å². The highest BCUT2D eigenvalue weighted by molar-refractivity contribution is 7.90. The standard InChI is InChI=1S/C14H17ClF3N3O4S/c1-8(21-26(23,24)14(16,17)18)7-25-11-4-10(12(15)19-6-11)5-20-13(22)9-2-3-9/h4,6,8-9,21H,2-3,5,7H2,1H3,(H,20,22)/t8-/m0/s1. The fourth-order valence-corrected chi connectivity index (χ4v) is 2.84. The molecule has 0 saturated heterocycles. The van der Waals surface area contributed by atoms with E-state index >= 15 is 0 Å². The third kappa shape index (κ3) is 5.71. The molecular formula is C14H17ClF3N3O4S. The van der Waals surface area contributed by atoms with E-state index in [1.54, 1.807) is 0 Å². The molecule has 1 aliphatic carbocycles. The van der Waals surface area contributed by atoms with E-state index in [-0.39, 0.29) is 35.9 Å². The van der Waals surface area contributed by atoms with Gasteiger partial charge in [-0.2, -0.15) is 13.2 Å². The number of pyridine rings is 1. The lowest BCUT2D eigenvalue weighted by atomic mass is 10.2. The number of amides is 1. The lowest BCUT2D eigenvalue weighted by molar-refractivity contribution is -0.122. The van der Waals surface area contributed by atoms with Gasteiger partial charge in [0.1, 0.15) is 17.5 Å². The van der Waals surface area contributed by atoms with Crippen LogP contribution in [0.5, 0.6) is 5.75 Å². The number of aromatic nitrogens is 1. The average molecular weight is 416 g/mol. The number of rotatable bonds is 8. The van der Waals surface area contributed by atoms with Crippen LogP contribution in [0, 0.1) is 5.92 Å².